The highest BCUT2D eigenvalue weighted by molar-refractivity contribution is 7.98. The molecule has 0 spiro atoms. The largest absolute Gasteiger partial charge is 0.463 e. The molecule has 35 heavy (non-hydrogen) atoms. The first-order chi connectivity index (χ1) is 16.5. The molecule has 15 heteroatoms. The van der Waals surface area contributed by atoms with Gasteiger partial charge in [0.2, 0.25) is 0 Å². The van der Waals surface area contributed by atoms with Gasteiger partial charge in [-0.2, -0.15) is 0 Å². The van der Waals surface area contributed by atoms with Gasteiger partial charge in [0.1, 0.15) is 18.1 Å². The average molecular weight is 518 g/mol. The molecule has 1 saturated heterocycles. The van der Waals surface area contributed by atoms with Gasteiger partial charge in [-0.05, 0) is 6.92 Å². The molecule has 5 atom stereocenters. The zero-order chi connectivity index (χ0) is 26.1. The van der Waals surface area contributed by atoms with E-state index < -0.39 is 59.7 Å². The summed E-state index contributed by atoms with van der Waals surface area (Å²) >= 11 is 1.03. The van der Waals surface area contributed by atoms with Crippen LogP contribution in [0.25, 0.3) is 0 Å². The van der Waals surface area contributed by atoms with Crippen LogP contribution in [0.2, 0.25) is 0 Å². The summed E-state index contributed by atoms with van der Waals surface area (Å²) in [6.45, 7) is 6.06. The maximum Gasteiger partial charge on any atom is 0.358 e. The molecule has 2 heterocycles. The highest BCUT2D eigenvalue weighted by Gasteiger charge is 2.52. The minimum Gasteiger partial charge on any atom is -0.463 e. The third kappa shape index (κ3) is 8.20. The normalized spacial score (nSPS) is 23.6. The second kappa shape index (κ2) is 13.0. The van der Waals surface area contributed by atoms with Crippen LogP contribution in [-0.4, -0.2) is 87.9 Å². The number of esters is 5. The minimum atomic E-state index is -1.28. The number of carbonyl (C=O) groups excluding carboxylic acids is 5. The molecule has 0 bridgehead atoms. The van der Waals surface area contributed by atoms with Crippen LogP contribution in [0.5, 0.6) is 0 Å². The van der Waals surface area contributed by atoms with Crippen molar-refractivity contribution >= 4 is 41.6 Å². The summed E-state index contributed by atoms with van der Waals surface area (Å²) in [4.78, 5) is 59.0. The molecule has 1 aliphatic heterocycles. The van der Waals surface area contributed by atoms with Gasteiger partial charge in [0.15, 0.2) is 24.0 Å². The van der Waals surface area contributed by atoms with E-state index in [0.29, 0.717) is 0 Å². The average Bonchev–Trinajstić information content (AvgIpc) is 3.22. The van der Waals surface area contributed by atoms with Crippen LogP contribution < -0.4 is 0 Å². The zero-order valence-corrected chi connectivity index (χ0v) is 20.6. The first-order valence-electron chi connectivity index (χ1n) is 10.5. The zero-order valence-electron chi connectivity index (χ0n) is 19.8. The summed E-state index contributed by atoms with van der Waals surface area (Å²) < 4.78 is 33.3. The van der Waals surface area contributed by atoms with Crippen LogP contribution in [0.4, 0.5) is 0 Å². The summed E-state index contributed by atoms with van der Waals surface area (Å²) in [5.74, 6) is -3.44. The van der Waals surface area contributed by atoms with Crippen LogP contribution in [0.15, 0.2) is 6.20 Å². The van der Waals surface area contributed by atoms with Crippen LogP contribution in [0.1, 0.15) is 45.1 Å². The minimum absolute atomic E-state index is 0.0120. The lowest BCUT2D eigenvalue weighted by atomic mass is 9.99. The van der Waals surface area contributed by atoms with Gasteiger partial charge in [0.25, 0.3) is 0 Å². The van der Waals surface area contributed by atoms with Gasteiger partial charge in [0.05, 0.1) is 18.7 Å². The topological polar surface area (TPSA) is 171 Å². The van der Waals surface area contributed by atoms with Crippen molar-refractivity contribution in [3.8, 4) is 0 Å². The molecule has 1 aromatic rings. The Morgan fingerprint density at radius 1 is 0.914 bits per heavy atom. The molecular formula is C20H27N3O11S. The predicted molar refractivity (Wildman–Crippen MR) is 116 cm³/mol. The quantitative estimate of drug-likeness (QED) is 0.305. The van der Waals surface area contributed by atoms with Crippen LogP contribution in [0, 0.1) is 0 Å². The van der Waals surface area contributed by atoms with Gasteiger partial charge in [0, 0.05) is 27.7 Å². The van der Waals surface area contributed by atoms with Crippen molar-refractivity contribution in [1.29, 1.82) is 0 Å². The van der Waals surface area contributed by atoms with Gasteiger partial charge in [-0.1, -0.05) is 5.21 Å². The molecule has 1 aliphatic rings. The number of hydrogen-bond donors (Lipinski definition) is 0. The lowest BCUT2D eigenvalue weighted by Crippen LogP contribution is -2.61. The fourth-order valence-electron chi connectivity index (χ4n) is 3.18. The van der Waals surface area contributed by atoms with E-state index in [9.17, 15) is 24.0 Å². The van der Waals surface area contributed by atoms with Crippen molar-refractivity contribution in [2.45, 2.75) is 70.3 Å². The first kappa shape index (κ1) is 28.0. The van der Waals surface area contributed by atoms with Crippen molar-refractivity contribution in [2.24, 2.45) is 0 Å². The summed E-state index contributed by atoms with van der Waals surface area (Å²) in [5, 5.41) is 7.56. The van der Waals surface area contributed by atoms with Crippen LogP contribution in [-0.2, 0) is 53.5 Å². The fourth-order valence-corrected chi connectivity index (χ4v) is 4.28. The van der Waals surface area contributed by atoms with Crippen molar-refractivity contribution in [3.05, 3.63) is 11.9 Å². The Balaban J connectivity index is 2.37. The van der Waals surface area contributed by atoms with Crippen molar-refractivity contribution < 1.29 is 52.4 Å². The maximum absolute atomic E-state index is 12.1. The molecule has 0 unspecified atom stereocenters. The molecule has 0 saturated carbocycles. The number of carbonyl (C=O) groups is 5. The Kier molecular flexibility index (Phi) is 10.4. The van der Waals surface area contributed by atoms with Crippen molar-refractivity contribution in [1.82, 2.24) is 15.0 Å². The van der Waals surface area contributed by atoms with E-state index in [1.165, 1.54) is 17.8 Å². The van der Waals surface area contributed by atoms with E-state index in [-0.39, 0.29) is 24.8 Å². The standard InChI is InChI=1S/C20H27N3O11S/c1-6-29-19(28)14-7-21-22-23(14)9-35-20-18(33-13(5)27)17(32-12(4)26)16(31-11(3)25)15(34-20)8-30-10(2)24/h7,15-18,20H,6,8-9H2,1-5H3/t15-,16+,17+,18-,20+/m1/s1. The van der Waals surface area contributed by atoms with E-state index >= 15 is 0 Å². The third-order valence-corrected chi connectivity index (χ3v) is 5.51. The lowest BCUT2D eigenvalue weighted by Gasteiger charge is -2.44. The van der Waals surface area contributed by atoms with Gasteiger partial charge in [-0.15, -0.1) is 16.9 Å². The highest BCUT2D eigenvalue weighted by Crippen LogP contribution is 2.35. The number of aromatic nitrogens is 3. The van der Waals surface area contributed by atoms with Crippen molar-refractivity contribution in [2.75, 3.05) is 13.2 Å². The Hall–Kier alpha value is -3.20. The molecular weight excluding hydrogens is 490 g/mol. The molecule has 0 amide bonds. The fraction of sp³-hybridized carbons (Fsp3) is 0.650. The van der Waals surface area contributed by atoms with Crippen LogP contribution >= 0.6 is 11.8 Å². The Morgan fingerprint density at radius 3 is 2.09 bits per heavy atom. The number of rotatable bonds is 10. The van der Waals surface area contributed by atoms with E-state index in [2.05, 4.69) is 10.3 Å². The molecule has 2 rings (SSSR count). The number of ether oxygens (including phenoxy) is 6. The molecule has 194 valence electrons. The summed E-state index contributed by atoms with van der Waals surface area (Å²) in [6.07, 6.45) is -3.61. The number of thioether (sulfide) groups is 1. The van der Waals surface area contributed by atoms with E-state index in [1.54, 1.807) is 6.92 Å². The predicted octanol–water partition coefficient (Wildman–Crippen LogP) is 0.229. The van der Waals surface area contributed by atoms with E-state index in [4.69, 9.17) is 28.4 Å². The second-order valence-corrected chi connectivity index (χ2v) is 8.26. The molecule has 1 fully saturated rings. The molecule has 0 radical (unpaired) electrons. The van der Waals surface area contributed by atoms with E-state index in [1.807, 2.05) is 0 Å². The Bertz CT molecular complexity index is 937. The molecule has 0 N–H and O–H groups in total. The smallest absolute Gasteiger partial charge is 0.358 e. The third-order valence-electron chi connectivity index (χ3n) is 4.41. The molecule has 0 aliphatic carbocycles. The van der Waals surface area contributed by atoms with Gasteiger partial charge < -0.3 is 28.4 Å². The number of nitrogens with zero attached hydrogens (tertiary/aromatic N) is 3. The monoisotopic (exact) mass is 517 g/mol. The van der Waals surface area contributed by atoms with Crippen molar-refractivity contribution in [3.63, 3.8) is 0 Å². The number of hydrogen-bond acceptors (Lipinski definition) is 14. The van der Waals surface area contributed by atoms with E-state index in [0.717, 1.165) is 32.5 Å². The molecule has 0 aromatic carbocycles. The summed E-state index contributed by atoms with van der Waals surface area (Å²) in [5.41, 5.74) is -0.945. The van der Waals surface area contributed by atoms with Gasteiger partial charge in [-0.3, -0.25) is 19.2 Å². The van der Waals surface area contributed by atoms with Gasteiger partial charge >= 0.3 is 29.8 Å². The first-order valence-corrected chi connectivity index (χ1v) is 11.6. The Morgan fingerprint density at radius 2 is 1.51 bits per heavy atom. The summed E-state index contributed by atoms with van der Waals surface area (Å²) in [6, 6.07) is 0. The lowest BCUT2D eigenvalue weighted by molar-refractivity contribution is -0.237. The second-order valence-electron chi connectivity index (χ2n) is 7.20. The maximum atomic E-state index is 12.1. The SMILES string of the molecule is CCOC(=O)c1cnnn1CS[C@@H]1O[C@H](COC(C)=O)[C@H](OC(C)=O)[C@H](OC(C)=O)[C@H]1OC(C)=O. The molecule has 1 aromatic heterocycles. The van der Waals surface area contributed by atoms with Crippen LogP contribution in [0.3, 0.4) is 0 Å². The Labute approximate surface area is 204 Å². The molecule has 14 nitrogen and oxygen atoms in total. The van der Waals surface area contributed by atoms with Gasteiger partial charge in [-0.25, -0.2) is 9.48 Å². The summed E-state index contributed by atoms with van der Waals surface area (Å²) in [7, 11) is 0. The highest BCUT2D eigenvalue weighted by atomic mass is 32.2.